The van der Waals surface area contributed by atoms with E-state index in [1.807, 2.05) is 0 Å². The fraction of sp³-hybridized carbons (Fsp3) is 0.278. The van der Waals surface area contributed by atoms with Crippen LogP contribution in [0.25, 0.3) is 60.5 Å². The first-order valence-electron chi connectivity index (χ1n) is 28.0. The maximum atomic E-state index is 2.80. The highest BCUT2D eigenvalue weighted by Gasteiger charge is 2.50. The number of rotatable bonds is 4. The van der Waals surface area contributed by atoms with Crippen molar-refractivity contribution in [3.8, 4) is 27.9 Å². The van der Waals surface area contributed by atoms with Gasteiger partial charge in [-0.3, -0.25) is 0 Å². The number of fused-ring (bicyclic) bond motifs is 13. The van der Waals surface area contributed by atoms with Gasteiger partial charge in [-0.1, -0.05) is 180 Å². The standard InChI is InChI=1S/C72H70BN3/c1-43-36-58-59(71(10,11)35-34-70(58,8)9)42-62(43)76-61-33-32-50(74(48-30-28-46(29-31-48)68(2,3)4)49-23-18-22-47(39-49)69(5,6)7)40-54(61)56-41-55-51-24-16-17-26-57(51)72(12,13)64(55)67-65(56)73(76)60-27-19-25-52-53-37-44-20-14-15-21-45(44)38-63(53)75(67)66(52)60/h14-33,36-42H,34-35H2,1-13H3. The molecule has 0 saturated carbocycles. The molecule has 0 atom stereocenters. The van der Waals surface area contributed by atoms with Crippen LogP contribution in [-0.2, 0) is 27.1 Å². The molecule has 76 heavy (non-hydrogen) atoms. The van der Waals surface area contributed by atoms with E-state index in [9.17, 15) is 0 Å². The van der Waals surface area contributed by atoms with Crippen LogP contribution >= 0.6 is 0 Å². The Kier molecular flexibility index (Phi) is 9.72. The molecule has 4 heteroatoms. The van der Waals surface area contributed by atoms with Crippen LogP contribution in [-0.4, -0.2) is 11.4 Å². The predicted octanol–water partition coefficient (Wildman–Crippen LogP) is 18.2. The van der Waals surface area contributed by atoms with Gasteiger partial charge in [0.25, 0.3) is 0 Å². The second-order valence-electron chi connectivity index (χ2n) is 26.9. The molecule has 0 spiro atoms. The average Bonchev–Trinajstić information content (AvgIpc) is 3.84. The highest BCUT2D eigenvalue weighted by Crippen LogP contribution is 2.57. The molecule has 0 bridgehead atoms. The van der Waals surface area contributed by atoms with E-state index in [0.717, 1.165) is 23.5 Å². The first-order valence-corrected chi connectivity index (χ1v) is 28.0. The lowest BCUT2D eigenvalue weighted by Crippen LogP contribution is -2.61. The Morgan fingerprint density at radius 2 is 1.13 bits per heavy atom. The Labute approximate surface area is 451 Å². The van der Waals surface area contributed by atoms with E-state index in [1.165, 1.54) is 128 Å². The van der Waals surface area contributed by atoms with E-state index < -0.39 is 0 Å². The highest BCUT2D eigenvalue weighted by atomic mass is 15.2. The molecule has 14 rings (SSSR count). The van der Waals surface area contributed by atoms with Crippen molar-refractivity contribution in [1.29, 1.82) is 0 Å². The Bertz CT molecular complexity index is 4130. The van der Waals surface area contributed by atoms with Gasteiger partial charge in [-0.2, -0.15) is 0 Å². The first-order chi connectivity index (χ1) is 36.1. The second kappa shape index (κ2) is 15.7. The molecule has 0 unspecified atom stereocenters. The van der Waals surface area contributed by atoms with Crippen LogP contribution in [0, 0.1) is 6.92 Å². The Hall–Kier alpha value is -7.30. The molecule has 376 valence electrons. The summed E-state index contributed by atoms with van der Waals surface area (Å²) in [5, 5.41) is 5.15. The summed E-state index contributed by atoms with van der Waals surface area (Å²) in [6.45, 7) is 31.0. The maximum absolute atomic E-state index is 2.80. The molecule has 1 aromatic heterocycles. The van der Waals surface area contributed by atoms with Gasteiger partial charge < -0.3 is 14.3 Å². The summed E-state index contributed by atoms with van der Waals surface area (Å²) in [6.07, 6.45) is 2.34. The Morgan fingerprint density at radius 3 is 1.86 bits per heavy atom. The number of anilines is 5. The summed E-state index contributed by atoms with van der Waals surface area (Å²) in [5.74, 6) is 0. The van der Waals surface area contributed by atoms with E-state index in [-0.39, 0.29) is 33.9 Å². The second-order valence-corrected chi connectivity index (χ2v) is 26.9. The zero-order valence-corrected chi connectivity index (χ0v) is 46.9. The van der Waals surface area contributed by atoms with Gasteiger partial charge in [0.05, 0.1) is 11.0 Å². The van der Waals surface area contributed by atoms with E-state index in [0.29, 0.717) is 0 Å². The zero-order chi connectivity index (χ0) is 52.7. The molecule has 10 aromatic rings. The lowest BCUT2D eigenvalue weighted by atomic mass is 9.43. The summed E-state index contributed by atoms with van der Waals surface area (Å²) in [6, 6.07) is 64.2. The molecular formula is C72H70BN3. The van der Waals surface area contributed by atoms with Crippen molar-refractivity contribution in [3.63, 3.8) is 0 Å². The van der Waals surface area contributed by atoms with Crippen molar-refractivity contribution in [2.45, 2.75) is 130 Å². The minimum atomic E-state index is -0.273. The van der Waals surface area contributed by atoms with Crippen molar-refractivity contribution >= 4 is 78.8 Å². The number of hydrogen-bond donors (Lipinski definition) is 0. The summed E-state index contributed by atoms with van der Waals surface area (Å²) in [4.78, 5) is 5.31. The first kappa shape index (κ1) is 47.2. The zero-order valence-electron chi connectivity index (χ0n) is 46.9. The molecule has 0 N–H and O–H groups in total. The fourth-order valence-corrected chi connectivity index (χ4v) is 14.4. The number of benzene rings is 9. The molecule has 0 fully saturated rings. The van der Waals surface area contributed by atoms with Crippen LogP contribution < -0.4 is 20.6 Å². The average molecular weight is 988 g/mol. The summed E-state index contributed by atoms with van der Waals surface area (Å²) >= 11 is 0. The van der Waals surface area contributed by atoms with Crippen molar-refractivity contribution in [2.24, 2.45) is 0 Å². The van der Waals surface area contributed by atoms with E-state index >= 15 is 0 Å². The van der Waals surface area contributed by atoms with Crippen LogP contribution in [0.4, 0.5) is 28.4 Å². The smallest absolute Gasteiger partial charge is 0.333 e. The SMILES string of the molecule is Cc1cc2c(cc1N1B3c4c(cc5c(c4-n4c6cc7ccccc7cc6c6cccc3c64)C(C)(C)c3ccccc3-5)-c3cc(N(c4ccc(C(C)(C)C)cc4)c4cccc(C(C)(C)C)c4)ccc31)C(C)(C)CCC2(C)C. The number of nitrogens with zero attached hydrogens (tertiary/aromatic N) is 3. The van der Waals surface area contributed by atoms with Crippen LogP contribution in [0.5, 0.6) is 0 Å². The number of para-hydroxylation sites is 1. The third-order valence-electron chi connectivity index (χ3n) is 18.8. The number of aromatic nitrogens is 1. The van der Waals surface area contributed by atoms with Gasteiger partial charge in [0.2, 0.25) is 0 Å². The predicted molar refractivity (Wildman–Crippen MR) is 327 cm³/mol. The number of aryl methyl sites for hydroxylation is 1. The maximum Gasteiger partial charge on any atom is 0.333 e. The minimum Gasteiger partial charge on any atom is -0.376 e. The summed E-state index contributed by atoms with van der Waals surface area (Å²) in [7, 11) is 0. The van der Waals surface area contributed by atoms with Crippen LogP contribution in [0.2, 0.25) is 0 Å². The van der Waals surface area contributed by atoms with Crippen LogP contribution in [0.3, 0.4) is 0 Å². The van der Waals surface area contributed by atoms with Gasteiger partial charge in [0.1, 0.15) is 0 Å². The van der Waals surface area contributed by atoms with Gasteiger partial charge in [0.15, 0.2) is 0 Å². The molecule has 9 aromatic carbocycles. The van der Waals surface area contributed by atoms with E-state index in [4.69, 9.17) is 0 Å². The lowest BCUT2D eigenvalue weighted by Gasteiger charge is -2.46. The van der Waals surface area contributed by atoms with Crippen molar-refractivity contribution in [1.82, 2.24) is 4.57 Å². The van der Waals surface area contributed by atoms with Crippen molar-refractivity contribution in [2.75, 3.05) is 9.71 Å². The number of hydrogen-bond acceptors (Lipinski definition) is 2. The van der Waals surface area contributed by atoms with Crippen LogP contribution in [0.15, 0.2) is 164 Å². The van der Waals surface area contributed by atoms with Gasteiger partial charge in [-0.25, -0.2) is 0 Å². The quantitative estimate of drug-likeness (QED) is 0.163. The van der Waals surface area contributed by atoms with E-state index in [1.54, 1.807) is 0 Å². The normalized spacial score (nSPS) is 16.4. The van der Waals surface area contributed by atoms with Gasteiger partial charge in [0, 0.05) is 55.9 Å². The molecule has 3 nitrogen and oxygen atoms in total. The highest BCUT2D eigenvalue weighted by molar-refractivity contribution is 6.93. The van der Waals surface area contributed by atoms with Gasteiger partial charge in [-0.15, -0.1) is 0 Å². The molecular weight excluding hydrogens is 918 g/mol. The Balaban J connectivity index is 1.14. The fourth-order valence-electron chi connectivity index (χ4n) is 14.4. The van der Waals surface area contributed by atoms with Gasteiger partial charge >= 0.3 is 6.85 Å². The van der Waals surface area contributed by atoms with Crippen molar-refractivity contribution < 1.29 is 0 Å². The third-order valence-corrected chi connectivity index (χ3v) is 18.8. The molecule has 0 saturated heterocycles. The van der Waals surface area contributed by atoms with Gasteiger partial charge in [-0.05, 0) is 185 Å². The summed E-state index contributed by atoms with van der Waals surface area (Å²) in [5.41, 5.74) is 27.5. The summed E-state index contributed by atoms with van der Waals surface area (Å²) < 4.78 is 2.73. The van der Waals surface area contributed by atoms with Crippen LogP contribution in [0.1, 0.15) is 135 Å². The third kappa shape index (κ3) is 6.61. The Morgan fingerprint density at radius 1 is 0.487 bits per heavy atom. The minimum absolute atomic E-state index is 0.0240. The molecule has 0 radical (unpaired) electrons. The lowest BCUT2D eigenvalue weighted by molar-refractivity contribution is 0.332. The van der Waals surface area contributed by atoms with E-state index in [2.05, 4.69) is 268 Å². The molecule has 2 aliphatic heterocycles. The monoisotopic (exact) mass is 988 g/mol. The molecule has 0 amide bonds. The molecule has 3 heterocycles. The topological polar surface area (TPSA) is 11.4 Å². The molecule has 2 aliphatic carbocycles. The van der Waals surface area contributed by atoms with Crippen molar-refractivity contribution in [3.05, 3.63) is 203 Å². The molecule has 4 aliphatic rings. The largest absolute Gasteiger partial charge is 0.376 e.